The Bertz CT molecular complexity index is 1470. The van der Waals surface area contributed by atoms with Crippen LogP contribution >= 0.6 is 11.8 Å². The molecule has 1 atom stereocenters. The summed E-state index contributed by atoms with van der Waals surface area (Å²) < 4.78 is 116. The molecule has 0 amide bonds. The number of rotatable bonds is 10. The van der Waals surface area contributed by atoms with Crippen LogP contribution in [0.4, 0.5) is 26.3 Å². The number of thioether (sulfide) groups is 1. The summed E-state index contributed by atoms with van der Waals surface area (Å²) >= 11 is 0.945. The van der Waals surface area contributed by atoms with Crippen LogP contribution in [-0.4, -0.2) is 48.6 Å². The highest BCUT2D eigenvalue weighted by atomic mass is 32.2. The number of ether oxygens (including phenoxy) is 1. The Kier molecular flexibility index (Phi) is 9.66. The summed E-state index contributed by atoms with van der Waals surface area (Å²) in [6.07, 6.45) is -7.62. The molecule has 2 aromatic carbocycles. The highest BCUT2D eigenvalue weighted by Crippen LogP contribution is 2.39. The molecular weight excluding hydrogens is 592 g/mol. The molecule has 1 aromatic heterocycles. The third-order valence-corrected chi connectivity index (χ3v) is 9.80. The first-order valence-corrected chi connectivity index (χ1v) is 15.6. The number of hydrogen-bond donors (Lipinski definition) is 0. The Morgan fingerprint density at radius 3 is 2.49 bits per heavy atom. The lowest BCUT2D eigenvalue weighted by atomic mass is 10.0. The van der Waals surface area contributed by atoms with Crippen LogP contribution in [0.25, 0.3) is 11.0 Å². The summed E-state index contributed by atoms with van der Waals surface area (Å²) in [4.78, 5) is 4.63. The van der Waals surface area contributed by atoms with Crippen LogP contribution in [0, 0.1) is 5.92 Å². The van der Waals surface area contributed by atoms with Crippen molar-refractivity contribution in [1.29, 1.82) is 0 Å². The molecule has 226 valence electrons. The van der Waals surface area contributed by atoms with E-state index in [9.17, 15) is 34.8 Å². The van der Waals surface area contributed by atoms with E-state index >= 15 is 0 Å². The second-order valence-corrected chi connectivity index (χ2v) is 12.9. The van der Waals surface area contributed by atoms with Crippen molar-refractivity contribution in [3.05, 3.63) is 53.1 Å². The van der Waals surface area contributed by atoms with Crippen LogP contribution in [0.1, 0.15) is 49.8 Å². The highest BCUT2D eigenvalue weighted by Gasteiger charge is 2.38. The SMILES string of the molecule is CCOCCCn1c(SCc2ccc(C(F)(F)F)cc2C(F)(F)F)nc2cc(S(=O)(=O)N3CCCC(C)C3)ccc21. The number of piperidine rings is 1. The number of aromatic nitrogens is 2. The predicted molar refractivity (Wildman–Crippen MR) is 144 cm³/mol. The van der Waals surface area contributed by atoms with Crippen molar-refractivity contribution >= 4 is 32.8 Å². The summed E-state index contributed by atoms with van der Waals surface area (Å²) in [5.41, 5.74) is -2.09. The van der Waals surface area contributed by atoms with E-state index in [0.29, 0.717) is 61.5 Å². The lowest BCUT2D eigenvalue weighted by Crippen LogP contribution is -2.39. The highest BCUT2D eigenvalue weighted by molar-refractivity contribution is 7.98. The average molecular weight is 624 g/mol. The maximum absolute atomic E-state index is 13.7. The molecule has 6 nitrogen and oxygen atoms in total. The molecule has 1 fully saturated rings. The first kappa shape index (κ1) is 31.6. The Balaban J connectivity index is 1.68. The standard InChI is InChI=1S/C27H31F6N3O3S2/c1-3-39-13-5-12-36-24-10-9-21(41(37,38)35-11-4-6-18(2)16-35)15-23(24)34-25(36)40-17-19-7-8-20(26(28,29)30)14-22(19)27(31,32)33/h7-10,14-15,18H,3-6,11-13,16-17H2,1-2H3. The fourth-order valence-electron chi connectivity index (χ4n) is 4.84. The van der Waals surface area contributed by atoms with Crippen molar-refractivity contribution in [3.63, 3.8) is 0 Å². The number of fused-ring (bicyclic) bond motifs is 1. The summed E-state index contributed by atoms with van der Waals surface area (Å²) in [5, 5.41) is 0.325. The maximum atomic E-state index is 13.7. The number of imidazole rings is 1. The fourth-order valence-corrected chi connectivity index (χ4v) is 7.51. The van der Waals surface area contributed by atoms with Gasteiger partial charge in [0.1, 0.15) is 0 Å². The number of aryl methyl sites for hydroxylation is 1. The van der Waals surface area contributed by atoms with Crippen molar-refractivity contribution in [2.24, 2.45) is 5.92 Å². The van der Waals surface area contributed by atoms with E-state index in [2.05, 4.69) is 4.98 Å². The number of halogens is 6. The van der Waals surface area contributed by atoms with Crippen LogP contribution < -0.4 is 0 Å². The van der Waals surface area contributed by atoms with Gasteiger partial charge in [0.2, 0.25) is 10.0 Å². The number of benzene rings is 2. The number of hydrogen-bond acceptors (Lipinski definition) is 5. The topological polar surface area (TPSA) is 64.4 Å². The molecule has 1 saturated heterocycles. The second-order valence-electron chi connectivity index (χ2n) is 10.0. The van der Waals surface area contributed by atoms with E-state index in [1.54, 1.807) is 10.6 Å². The van der Waals surface area contributed by atoms with Crippen LogP contribution in [0.3, 0.4) is 0 Å². The van der Waals surface area contributed by atoms with Gasteiger partial charge in [-0.1, -0.05) is 24.8 Å². The number of sulfonamides is 1. The van der Waals surface area contributed by atoms with E-state index in [-0.39, 0.29) is 28.2 Å². The molecule has 0 aliphatic carbocycles. The fraction of sp³-hybridized carbons (Fsp3) is 0.519. The smallest absolute Gasteiger partial charge is 0.382 e. The minimum Gasteiger partial charge on any atom is -0.382 e. The molecule has 0 N–H and O–H groups in total. The van der Waals surface area contributed by atoms with Crippen molar-refractivity contribution in [1.82, 2.24) is 13.9 Å². The van der Waals surface area contributed by atoms with Gasteiger partial charge in [-0.05, 0) is 68.0 Å². The molecule has 2 heterocycles. The van der Waals surface area contributed by atoms with Gasteiger partial charge in [0.05, 0.1) is 27.1 Å². The normalized spacial score (nSPS) is 17.4. The molecular formula is C27H31F6N3O3S2. The third-order valence-electron chi connectivity index (χ3n) is 6.92. The minimum atomic E-state index is -4.98. The lowest BCUT2D eigenvalue weighted by Gasteiger charge is -2.30. The molecule has 0 saturated carbocycles. The Morgan fingerprint density at radius 2 is 1.83 bits per heavy atom. The molecule has 1 aliphatic rings. The predicted octanol–water partition coefficient (Wildman–Crippen LogP) is 7.21. The van der Waals surface area contributed by atoms with Crippen molar-refractivity contribution in [3.8, 4) is 0 Å². The van der Waals surface area contributed by atoms with Gasteiger partial charge in [0.15, 0.2) is 5.16 Å². The van der Waals surface area contributed by atoms with Crippen LogP contribution in [0.15, 0.2) is 46.5 Å². The zero-order valence-electron chi connectivity index (χ0n) is 22.6. The van der Waals surface area contributed by atoms with Crippen LogP contribution in [-0.2, 0) is 39.4 Å². The van der Waals surface area contributed by atoms with Gasteiger partial charge in [-0.2, -0.15) is 30.6 Å². The quantitative estimate of drug-likeness (QED) is 0.136. The Labute approximate surface area is 239 Å². The molecule has 3 aromatic rings. The van der Waals surface area contributed by atoms with E-state index in [0.717, 1.165) is 30.7 Å². The van der Waals surface area contributed by atoms with Crippen molar-refractivity contribution in [2.45, 2.75) is 67.8 Å². The van der Waals surface area contributed by atoms with Gasteiger partial charge in [0, 0.05) is 38.6 Å². The summed E-state index contributed by atoms with van der Waals surface area (Å²) in [5.74, 6) is -0.0555. The van der Waals surface area contributed by atoms with Gasteiger partial charge in [-0.25, -0.2) is 13.4 Å². The third kappa shape index (κ3) is 7.38. The van der Waals surface area contributed by atoms with Gasteiger partial charge in [-0.15, -0.1) is 0 Å². The Hall–Kier alpha value is -2.29. The zero-order chi connectivity index (χ0) is 30.0. The average Bonchev–Trinajstić information content (AvgIpc) is 3.25. The van der Waals surface area contributed by atoms with Gasteiger partial charge >= 0.3 is 12.4 Å². The zero-order valence-corrected chi connectivity index (χ0v) is 24.2. The summed E-state index contributed by atoms with van der Waals surface area (Å²) in [7, 11) is -3.77. The van der Waals surface area contributed by atoms with Crippen molar-refractivity contribution in [2.75, 3.05) is 26.3 Å². The minimum absolute atomic E-state index is 0.0803. The molecule has 0 radical (unpaired) electrons. The molecule has 0 bridgehead atoms. The molecule has 1 unspecified atom stereocenters. The Morgan fingerprint density at radius 1 is 1.07 bits per heavy atom. The van der Waals surface area contributed by atoms with Crippen LogP contribution in [0.5, 0.6) is 0 Å². The van der Waals surface area contributed by atoms with E-state index in [1.807, 2.05) is 13.8 Å². The van der Waals surface area contributed by atoms with Gasteiger partial charge in [0.25, 0.3) is 0 Å². The lowest BCUT2D eigenvalue weighted by molar-refractivity contribution is -0.143. The molecule has 4 rings (SSSR count). The van der Waals surface area contributed by atoms with Gasteiger partial charge < -0.3 is 9.30 Å². The molecule has 14 heteroatoms. The van der Waals surface area contributed by atoms with E-state index in [1.165, 1.54) is 16.4 Å². The molecule has 0 spiro atoms. The molecule has 1 aliphatic heterocycles. The first-order chi connectivity index (χ1) is 19.2. The van der Waals surface area contributed by atoms with Crippen LogP contribution in [0.2, 0.25) is 0 Å². The maximum Gasteiger partial charge on any atom is 0.416 e. The monoisotopic (exact) mass is 623 g/mol. The summed E-state index contributed by atoms with van der Waals surface area (Å²) in [6.45, 7) is 6.02. The van der Waals surface area contributed by atoms with E-state index < -0.39 is 33.5 Å². The first-order valence-electron chi connectivity index (χ1n) is 13.2. The largest absolute Gasteiger partial charge is 0.416 e. The molecule has 41 heavy (non-hydrogen) atoms. The summed E-state index contributed by atoms with van der Waals surface area (Å²) in [6, 6.07) is 6.20. The number of nitrogens with zero attached hydrogens (tertiary/aromatic N) is 3. The van der Waals surface area contributed by atoms with E-state index in [4.69, 9.17) is 4.74 Å². The van der Waals surface area contributed by atoms with Crippen molar-refractivity contribution < 1.29 is 39.5 Å². The number of alkyl halides is 6. The van der Waals surface area contributed by atoms with Gasteiger partial charge in [-0.3, -0.25) is 0 Å². The second kappa shape index (κ2) is 12.5.